The zero-order chi connectivity index (χ0) is 18.8. The maximum atomic E-state index is 6.22. The maximum absolute atomic E-state index is 6.22. The third-order valence-corrected chi connectivity index (χ3v) is 5.14. The summed E-state index contributed by atoms with van der Waals surface area (Å²) in [6.07, 6.45) is 0. The van der Waals surface area contributed by atoms with Crippen molar-refractivity contribution in [1.82, 2.24) is 25.0 Å². The summed E-state index contributed by atoms with van der Waals surface area (Å²) in [5, 5.41) is 13.7. The van der Waals surface area contributed by atoms with E-state index in [9.17, 15) is 0 Å². The number of aromatic nitrogens is 5. The number of nitrogen functional groups attached to an aromatic ring is 1. The van der Waals surface area contributed by atoms with E-state index in [1.165, 1.54) is 16.4 Å². The molecule has 2 aromatic heterocycles. The zero-order valence-corrected chi connectivity index (χ0v) is 16.0. The predicted molar refractivity (Wildman–Crippen MR) is 105 cm³/mol. The Morgan fingerprint density at radius 3 is 2.67 bits per heavy atom. The summed E-state index contributed by atoms with van der Waals surface area (Å²) in [4.78, 5) is 4.38. The van der Waals surface area contributed by atoms with Crippen molar-refractivity contribution in [3.05, 3.63) is 64.4 Å². The highest BCUT2D eigenvalue weighted by Gasteiger charge is 2.16. The molecule has 0 radical (unpaired) electrons. The quantitative estimate of drug-likeness (QED) is 0.380. The van der Waals surface area contributed by atoms with Crippen molar-refractivity contribution < 1.29 is 4.52 Å². The fourth-order valence-corrected chi connectivity index (χ4v) is 3.56. The standard InChI is InChI=1S/C17H12Cl2N6OS/c18-11-6-7-12(13(19)8-11)15-22-23-17(25(15)20)27-9-14-21-16(26-24-14)10-4-2-1-3-5-10/h1-8H,9,20H2. The Morgan fingerprint density at radius 2 is 1.89 bits per heavy atom. The van der Waals surface area contributed by atoms with Crippen LogP contribution in [0, 0.1) is 0 Å². The van der Waals surface area contributed by atoms with Crippen molar-refractivity contribution >= 4 is 35.0 Å². The molecule has 0 spiro atoms. The Hall–Kier alpha value is -2.55. The van der Waals surface area contributed by atoms with Gasteiger partial charge in [0.25, 0.3) is 5.89 Å². The van der Waals surface area contributed by atoms with Crippen molar-refractivity contribution in [2.24, 2.45) is 0 Å². The van der Waals surface area contributed by atoms with Gasteiger partial charge in [-0.3, -0.25) is 0 Å². The molecule has 0 aliphatic rings. The largest absolute Gasteiger partial charge is 0.335 e. The van der Waals surface area contributed by atoms with Gasteiger partial charge in [-0.2, -0.15) is 4.98 Å². The van der Waals surface area contributed by atoms with Crippen LogP contribution in [0.5, 0.6) is 0 Å². The molecule has 2 N–H and O–H groups in total. The van der Waals surface area contributed by atoms with Crippen molar-refractivity contribution in [2.75, 3.05) is 5.84 Å². The molecule has 0 bridgehead atoms. The molecule has 27 heavy (non-hydrogen) atoms. The van der Waals surface area contributed by atoms with Crippen LogP contribution in [0.1, 0.15) is 5.82 Å². The number of halogens is 2. The molecule has 136 valence electrons. The van der Waals surface area contributed by atoms with Crippen LogP contribution in [0.2, 0.25) is 10.0 Å². The molecule has 0 aliphatic heterocycles. The summed E-state index contributed by atoms with van der Waals surface area (Å²) in [5.74, 6) is 7.99. The molecule has 4 rings (SSSR count). The number of benzene rings is 2. The average molecular weight is 419 g/mol. The first-order valence-corrected chi connectivity index (χ1v) is 9.52. The van der Waals surface area contributed by atoms with Gasteiger partial charge < -0.3 is 10.4 Å². The topological polar surface area (TPSA) is 95.7 Å². The lowest BCUT2D eigenvalue weighted by Crippen LogP contribution is -2.11. The second kappa shape index (κ2) is 7.59. The van der Waals surface area contributed by atoms with Gasteiger partial charge >= 0.3 is 0 Å². The van der Waals surface area contributed by atoms with E-state index < -0.39 is 0 Å². The molecule has 0 fully saturated rings. The number of hydrogen-bond acceptors (Lipinski definition) is 7. The average Bonchev–Trinajstić information content (AvgIpc) is 3.28. The molecule has 0 atom stereocenters. The lowest BCUT2D eigenvalue weighted by molar-refractivity contribution is 0.425. The molecule has 0 saturated heterocycles. The summed E-state index contributed by atoms with van der Waals surface area (Å²) < 4.78 is 6.67. The van der Waals surface area contributed by atoms with E-state index in [4.69, 9.17) is 33.6 Å². The molecule has 10 heteroatoms. The number of rotatable bonds is 5. The molecule has 0 saturated carbocycles. The van der Waals surface area contributed by atoms with Crippen molar-refractivity contribution in [2.45, 2.75) is 10.9 Å². The SMILES string of the molecule is Nn1c(SCc2noc(-c3ccccc3)n2)nnc1-c1ccc(Cl)cc1Cl. The van der Waals surface area contributed by atoms with Gasteiger partial charge in [-0.15, -0.1) is 10.2 Å². The Kier molecular flexibility index (Phi) is 5.02. The van der Waals surface area contributed by atoms with Crippen molar-refractivity contribution in [3.63, 3.8) is 0 Å². The van der Waals surface area contributed by atoms with Crippen LogP contribution in [-0.2, 0) is 5.75 Å². The van der Waals surface area contributed by atoms with Crippen LogP contribution < -0.4 is 5.84 Å². The van der Waals surface area contributed by atoms with Gasteiger partial charge in [0.1, 0.15) is 0 Å². The molecular formula is C17H12Cl2N6OS. The van der Waals surface area contributed by atoms with E-state index in [1.54, 1.807) is 18.2 Å². The van der Waals surface area contributed by atoms with E-state index in [2.05, 4.69) is 20.3 Å². The van der Waals surface area contributed by atoms with E-state index in [-0.39, 0.29) is 0 Å². The van der Waals surface area contributed by atoms with Gasteiger partial charge in [-0.25, -0.2) is 4.68 Å². The summed E-state index contributed by atoms with van der Waals surface area (Å²) in [7, 11) is 0. The smallest absolute Gasteiger partial charge is 0.257 e. The minimum absolute atomic E-state index is 0.431. The highest BCUT2D eigenvalue weighted by molar-refractivity contribution is 7.98. The Balaban J connectivity index is 1.50. The normalized spacial score (nSPS) is 11.0. The zero-order valence-electron chi connectivity index (χ0n) is 13.7. The lowest BCUT2D eigenvalue weighted by atomic mass is 10.2. The van der Waals surface area contributed by atoms with Crippen LogP contribution in [-0.4, -0.2) is 25.0 Å². The third kappa shape index (κ3) is 3.78. The highest BCUT2D eigenvalue weighted by Crippen LogP contribution is 2.30. The first-order valence-electron chi connectivity index (χ1n) is 7.78. The van der Waals surface area contributed by atoms with Gasteiger partial charge in [0.05, 0.1) is 10.8 Å². The maximum Gasteiger partial charge on any atom is 0.257 e. The summed E-state index contributed by atoms with van der Waals surface area (Å²) in [5.41, 5.74) is 1.51. The van der Waals surface area contributed by atoms with Gasteiger partial charge in [0.15, 0.2) is 11.6 Å². The van der Waals surface area contributed by atoms with Gasteiger partial charge in [-0.1, -0.05) is 58.3 Å². The van der Waals surface area contributed by atoms with Crippen LogP contribution in [0.25, 0.3) is 22.8 Å². The van der Waals surface area contributed by atoms with Gasteiger partial charge in [0.2, 0.25) is 5.16 Å². The number of nitrogens with two attached hydrogens (primary N) is 1. The number of thioether (sulfide) groups is 1. The predicted octanol–water partition coefficient (Wildman–Crippen LogP) is 4.31. The number of hydrogen-bond donors (Lipinski definition) is 1. The molecule has 7 nitrogen and oxygen atoms in total. The third-order valence-electron chi connectivity index (χ3n) is 3.66. The van der Waals surface area contributed by atoms with Crippen molar-refractivity contribution in [3.8, 4) is 22.8 Å². The highest BCUT2D eigenvalue weighted by atomic mass is 35.5. The van der Waals surface area contributed by atoms with Crippen molar-refractivity contribution in [1.29, 1.82) is 0 Å². The van der Waals surface area contributed by atoms with E-state index in [0.717, 1.165) is 5.56 Å². The van der Waals surface area contributed by atoms with Crippen LogP contribution >= 0.6 is 35.0 Å². The van der Waals surface area contributed by atoms with Gasteiger partial charge in [0, 0.05) is 16.1 Å². The fourth-order valence-electron chi connectivity index (χ4n) is 2.37. The van der Waals surface area contributed by atoms with E-state index in [0.29, 0.717) is 44.1 Å². The molecule has 4 aromatic rings. The first kappa shape index (κ1) is 17.8. The molecule has 0 aliphatic carbocycles. The van der Waals surface area contributed by atoms with Crippen LogP contribution in [0.15, 0.2) is 58.2 Å². The Morgan fingerprint density at radius 1 is 1.07 bits per heavy atom. The first-order chi connectivity index (χ1) is 13.1. The van der Waals surface area contributed by atoms with Crippen LogP contribution in [0.3, 0.4) is 0 Å². The monoisotopic (exact) mass is 418 g/mol. The minimum Gasteiger partial charge on any atom is -0.335 e. The second-order valence-corrected chi connectivity index (χ2v) is 7.26. The fraction of sp³-hybridized carbons (Fsp3) is 0.0588. The minimum atomic E-state index is 0.431. The second-order valence-electron chi connectivity index (χ2n) is 5.47. The Labute approximate surface area is 168 Å². The van der Waals surface area contributed by atoms with E-state index in [1.807, 2.05) is 30.3 Å². The summed E-state index contributed by atoms with van der Waals surface area (Å²) in [6.45, 7) is 0. The molecule has 2 aromatic carbocycles. The van der Waals surface area contributed by atoms with E-state index >= 15 is 0 Å². The van der Waals surface area contributed by atoms with Crippen LogP contribution in [0.4, 0.5) is 0 Å². The van der Waals surface area contributed by atoms with Gasteiger partial charge in [-0.05, 0) is 30.3 Å². The summed E-state index contributed by atoms with van der Waals surface area (Å²) >= 11 is 13.5. The Bertz CT molecular complexity index is 1080. The summed E-state index contributed by atoms with van der Waals surface area (Å²) in [6, 6.07) is 14.7. The lowest BCUT2D eigenvalue weighted by Gasteiger charge is -2.05. The molecule has 0 amide bonds. The molecular weight excluding hydrogens is 407 g/mol. The molecule has 0 unspecified atom stereocenters. The number of nitrogens with zero attached hydrogens (tertiary/aromatic N) is 5. The molecule has 2 heterocycles.